The number of nitrogens with zero attached hydrogens (tertiary/aromatic N) is 2. The van der Waals surface area contributed by atoms with E-state index in [9.17, 15) is 13.2 Å². The number of carbonyl (C=O) groups is 1. The van der Waals surface area contributed by atoms with Crippen LogP contribution in [0.5, 0.6) is 0 Å². The van der Waals surface area contributed by atoms with Gasteiger partial charge in [0.05, 0.1) is 22.6 Å². The number of hydrogen-bond acceptors (Lipinski definition) is 9. The number of aryl methyl sites for hydroxylation is 1. The van der Waals surface area contributed by atoms with Gasteiger partial charge in [0.25, 0.3) is 0 Å². The molecule has 0 saturated carbocycles. The molecular weight excluding hydrogens is 406 g/mol. The van der Waals surface area contributed by atoms with Gasteiger partial charge >= 0.3 is 5.97 Å². The largest absolute Gasteiger partial charge is 0.461 e. The Morgan fingerprint density at radius 2 is 2.19 bits per heavy atom. The summed E-state index contributed by atoms with van der Waals surface area (Å²) in [6.45, 7) is 2.25. The number of carbonyl (C=O) groups excluding carboxylic acids is 1. The average molecular weight is 428 g/mol. The van der Waals surface area contributed by atoms with Gasteiger partial charge in [-0.1, -0.05) is 18.7 Å². The summed E-state index contributed by atoms with van der Waals surface area (Å²) < 4.78 is 28.1. The van der Waals surface area contributed by atoms with Crippen LogP contribution in [0.2, 0.25) is 0 Å². The number of hydrogen-bond donors (Lipinski definition) is 1. The van der Waals surface area contributed by atoms with Gasteiger partial charge in [-0.3, -0.25) is 4.79 Å². The number of anilines is 1. The number of fused-ring (bicyclic) bond motifs is 3. The molecule has 0 aromatic carbocycles. The molecule has 2 aromatic rings. The zero-order chi connectivity index (χ0) is 19.2. The Morgan fingerprint density at radius 1 is 1.37 bits per heavy atom. The van der Waals surface area contributed by atoms with Crippen molar-refractivity contribution < 1.29 is 17.9 Å². The number of nitrogen functional groups attached to an aromatic ring is 1. The third-order valence-electron chi connectivity index (χ3n) is 4.97. The zero-order valence-electron chi connectivity index (χ0n) is 14.9. The van der Waals surface area contributed by atoms with Gasteiger partial charge in [-0.15, -0.1) is 11.3 Å². The average Bonchev–Trinajstić information content (AvgIpc) is 3.11. The van der Waals surface area contributed by atoms with E-state index < -0.39 is 21.9 Å². The Morgan fingerprint density at radius 3 is 2.93 bits per heavy atom. The van der Waals surface area contributed by atoms with Crippen molar-refractivity contribution in [1.29, 1.82) is 0 Å². The van der Waals surface area contributed by atoms with Crippen molar-refractivity contribution >= 4 is 54.9 Å². The highest BCUT2D eigenvalue weighted by molar-refractivity contribution is 7.99. The molecule has 0 radical (unpaired) electrons. The SMILES string of the molecule is C[C@H]1CCc2c(sc3nc(SCC(=O)O[C@@H]4CCS(=O)(=O)C4)nc(N)c23)C1. The van der Waals surface area contributed by atoms with Crippen LogP contribution in [0.1, 0.15) is 30.2 Å². The quantitative estimate of drug-likeness (QED) is 0.449. The lowest BCUT2D eigenvalue weighted by Crippen LogP contribution is -2.20. The van der Waals surface area contributed by atoms with Gasteiger partial charge in [0.15, 0.2) is 15.0 Å². The molecule has 146 valence electrons. The van der Waals surface area contributed by atoms with Crippen LogP contribution in [-0.2, 0) is 32.2 Å². The maximum atomic E-state index is 12.0. The second kappa shape index (κ2) is 7.21. The Balaban J connectivity index is 1.44. The minimum Gasteiger partial charge on any atom is -0.461 e. The molecule has 1 fully saturated rings. The van der Waals surface area contributed by atoms with Crippen LogP contribution >= 0.6 is 23.1 Å². The highest BCUT2D eigenvalue weighted by Gasteiger charge is 2.30. The molecule has 0 amide bonds. The van der Waals surface area contributed by atoms with Crippen LogP contribution in [-0.4, -0.2) is 47.7 Å². The summed E-state index contributed by atoms with van der Waals surface area (Å²) in [4.78, 5) is 23.2. The minimum absolute atomic E-state index is 0.0314. The van der Waals surface area contributed by atoms with Crippen molar-refractivity contribution in [2.75, 3.05) is 23.0 Å². The summed E-state index contributed by atoms with van der Waals surface area (Å²) in [5.41, 5.74) is 7.47. The van der Waals surface area contributed by atoms with Gasteiger partial charge < -0.3 is 10.5 Å². The van der Waals surface area contributed by atoms with E-state index in [0.717, 1.165) is 29.5 Å². The van der Waals surface area contributed by atoms with Gasteiger partial charge in [-0.25, -0.2) is 18.4 Å². The van der Waals surface area contributed by atoms with E-state index in [0.29, 0.717) is 23.3 Å². The van der Waals surface area contributed by atoms with Crippen LogP contribution in [0.4, 0.5) is 5.82 Å². The van der Waals surface area contributed by atoms with E-state index in [1.165, 1.54) is 22.2 Å². The molecule has 1 saturated heterocycles. The molecule has 2 atom stereocenters. The molecule has 7 nitrogen and oxygen atoms in total. The summed E-state index contributed by atoms with van der Waals surface area (Å²) in [6.07, 6.45) is 3.04. The number of ether oxygens (including phenoxy) is 1. The molecule has 3 heterocycles. The topological polar surface area (TPSA) is 112 Å². The summed E-state index contributed by atoms with van der Waals surface area (Å²) in [5, 5.41) is 1.41. The lowest BCUT2D eigenvalue weighted by Gasteiger charge is -2.17. The van der Waals surface area contributed by atoms with Crippen molar-refractivity contribution in [2.24, 2.45) is 5.92 Å². The van der Waals surface area contributed by atoms with Crippen molar-refractivity contribution in [3.63, 3.8) is 0 Å². The highest BCUT2D eigenvalue weighted by atomic mass is 32.2. The first-order valence-electron chi connectivity index (χ1n) is 8.91. The number of thiophene rings is 1. The molecule has 4 rings (SSSR count). The van der Waals surface area contributed by atoms with Crippen LogP contribution in [0.3, 0.4) is 0 Å². The molecule has 2 N–H and O–H groups in total. The third-order valence-corrected chi connectivity index (χ3v) is 8.68. The number of thioether (sulfide) groups is 1. The van der Waals surface area contributed by atoms with E-state index in [1.54, 1.807) is 11.3 Å². The minimum atomic E-state index is -3.07. The van der Waals surface area contributed by atoms with E-state index in [1.807, 2.05) is 0 Å². The van der Waals surface area contributed by atoms with Crippen molar-refractivity contribution in [3.05, 3.63) is 10.4 Å². The Labute approximate surface area is 166 Å². The fourth-order valence-corrected chi connectivity index (χ4v) is 7.28. The Kier molecular flexibility index (Phi) is 5.06. The van der Waals surface area contributed by atoms with Crippen molar-refractivity contribution in [2.45, 2.75) is 43.9 Å². The van der Waals surface area contributed by atoms with Gasteiger partial charge in [0.1, 0.15) is 16.8 Å². The molecule has 2 aliphatic rings. The van der Waals surface area contributed by atoms with E-state index in [-0.39, 0.29) is 17.3 Å². The smallest absolute Gasteiger partial charge is 0.316 e. The Bertz CT molecular complexity index is 1000. The molecule has 2 aromatic heterocycles. The number of nitrogens with two attached hydrogens (primary N) is 1. The van der Waals surface area contributed by atoms with Crippen molar-refractivity contribution in [3.8, 4) is 0 Å². The first-order chi connectivity index (χ1) is 12.8. The molecule has 10 heteroatoms. The fraction of sp³-hybridized carbons (Fsp3) is 0.588. The summed E-state index contributed by atoms with van der Waals surface area (Å²) in [6, 6.07) is 0. The van der Waals surface area contributed by atoms with Crippen LogP contribution in [0.15, 0.2) is 5.16 Å². The van der Waals surface area contributed by atoms with Gasteiger partial charge in [0.2, 0.25) is 0 Å². The summed E-state index contributed by atoms with van der Waals surface area (Å²) in [7, 11) is -3.07. The van der Waals surface area contributed by atoms with Gasteiger partial charge in [-0.05, 0) is 37.2 Å². The Hall–Kier alpha value is -1.39. The first-order valence-corrected chi connectivity index (χ1v) is 12.5. The van der Waals surface area contributed by atoms with E-state index in [4.69, 9.17) is 10.5 Å². The lowest BCUT2D eigenvalue weighted by molar-refractivity contribution is -0.144. The first kappa shape index (κ1) is 18.9. The number of rotatable bonds is 4. The van der Waals surface area contributed by atoms with Crippen molar-refractivity contribution in [1.82, 2.24) is 9.97 Å². The molecule has 1 aliphatic carbocycles. The monoisotopic (exact) mass is 427 g/mol. The molecule has 0 spiro atoms. The number of esters is 1. The van der Waals surface area contributed by atoms with Gasteiger partial charge in [-0.2, -0.15) is 0 Å². The number of sulfone groups is 1. The van der Waals surface area contributed by atoms with Crippen LogP contribution in [0.25, 0.3) is 10.2 Å². The second-order valence-corrected chi connectivity index (χ2v) is 11.5. The summed E-state index contributed by atoms with van der Waals surface area (Å²) in [5.74, 6) is 0.703. The second-order valence-electron chi connectivity index (χ2n) is 7.23. The fourth-order valence-electron chi connectivity index (χ4n) is 3.61. The highest BCUT2D eigenvalue weighted by Crippen LogP contribution is 2.39. The van der Waals surface area contributed by atoms with Crippen LogP contribution < -0.4 is 5.73 Å². The lowest BCUT2D eigenvalue weighted by atomic mass is 9.89. The standard InChI is InChI=1S/C17H21N3O4S3/c1-9-2-3-11-12(6-9)26-16-14(11)15(18)19-17(20-16)25-7-13(21)24-10-4-5-27(22,23)8-10/h9-10H,2-8H2,1H3,(H2,18,19,20)/t9-,10+/m0/s1. The normalized spacial score (nSPS) is 24.0. The van der Waals surface area contributed by atoms with E-state index in [2.05, 4.69) is 16.9 Å². The van der Waals surface area contributed by atoms with E-state index >= 15 is 0 Å². The van der Waals surface area contributed by atoms with Gasteiger partial charge in [0, 0.05) is 4.88 Å². The summed E-state index contributed by atoms with van der Waals surface area (Å²) >= 11 is 2.83. The van der Waals surface area contributed by atoms with Crippen LogP contribution in [0, 0.1) is 5.92 Å². The third kappa shape index (κ3) is 4.07. The molecular formula is C17H21N3O4S3. The maximum Gasteiger partial charge on any atom is 0.316 e. The molecule has 0 unspecified atom stereocenters. The maximum absolute atomic E-state index is 12.0. The predicted molar refractivity (Wildman–Crippen MR) is 107 cm³/mol. The molecule has 1 aliphatic heterocycles. The molecule has 0 bridgehead atoms. The predicted octanol–water partition coefficient (Wildman–Crippen LogP) is 2.22. The number of aromatic nitrogens is 2. The zero-order valence-corrected chi connectivity index (χ0v) is 17.4. The molecule has 27 heavy (non-hydrogen) atoms.